The molecule has 0 saturated carbocycles. The topological polar surface area (TPSA) is 53.1 Å². The van der Waals surface area contributed by atoms with Crippen molar-refractivity contribution < 1.29 is 4.74 Å². The van der Waals surface area contributed by atoms with Crippen molar-refractivity contribution in [2.75, 3.05) is 12.3 Å². The van der Waals surface area contributed by atoms with Gasteiger partial charge in [-0.15, -0.1) is 5.10 Å². The van der Waals surface area contributed by atoms with Crippen LogP contribution in [0.4, 0.5) is 5.82 Å². The van der Waals surface area contributed by atoms with E-state index >= 15 is 0 Å². The Kier molecular flexibility index (Phi) is 3.54. The van der Waals surface area contributed by atoms with Gasteiger partial charge in [0.2, 0.25) is 0 Å². The number of nitrogen functional groups attached to an aromatic ring is 1. The number of halogens is 1. The monoisotopic (exact) mass is 251 g/mol. The Morgan fingerprint density at radius 1 is 1.35 bits per heavy atom. The van der Waals surface area contributed by atoms with Gasteiger partial charge in [0.05, 0.1) is 12.3 Å². The van der Waals surface area contributed by atoms with E-state index in [9.17, 15) is 0 Å². The zero-order valence-corrected chi connectivity index (χ0v) is 10.3. The van der Waals surface area contributed by atoms with Crippen molar-refractivity contribution in [2.45, 2.75) is 13.3 Å². The number of benzene rings is 1. The van der Waals surface area contributed by atoms with Crippen LogP contribution in [0.5, 0.6) is 5.88 Å². The summed E-state index contributed by atoms with van der Waals surface area (Å²) >= 11 is 6.07. The highest BCUT2D eigenvalue weighted by atomic mass is 35.5. The molecule has 0 amide bonds. The van der Waals surface area contributed by atoms with Crippen LogP contribution in [0.3, 0.4) is 0 Å². The molecule has 1 aromatic heterocycles. The summed E-state index contributed by atoms with van der Waals surface area (Å²) in [6, 6.07) is 9.57. The molecule has 1 aromatic carbocycles. The van der Waals surface area contributed by atoms with Crippen LogP contribution >= 0.6 is 11.6 Å². The Bertz CT molecular complexity index is 496. The van der Waals surface area contributed by atoms with E-state index in [1.165, 1.54) is 0 Å². The number of hydrogen-bond acceptors (Lipinski definition) is 3. The maximum absolute atomic E-state index is 6.07. The number of para-hydroxylation sites is 1. The van der Waals surface area contributed by atoms with E-state index in [2.05, 4.69) is 5.10 Å². The molecule has 0 saturated heterocycles. The second-order valence-corrected chi connectivity index (χ2v) is 3.98. The zero-order chi connectivity index (χ0) is 12.3. The first kappa shape index (κ1) is 11.8. The van der Waals surface area contributed by atoms with E-state index in [1.807, 2.05) is 37.3 Å². The molecular formula is C12H14ClN3O. The Hall–Kier alpha value is -1.68. The summed E-state index contributed by atoms with van der Waals surface area (Å²) in [5.41, 5.74) is 6.76. The number of aromatic nitrogens is 2. The van der Waals surface area contributed by atoms with Crippen LogP contribution in [0.1, 0.15) is 13.3 Å². The van der Waals surface area contributed by atoms with E-state index in [4.69, 9.17) is 22.1 Å². The van der Waals surface area contributed by atoms with Crippen molar-refractivity contribution >= 4 is 17.4 Å². The summed E-state index contributed by atoms with van der Waals surface area (Å²) in [6.07, 6.45) is 0.897. The van der Waals surface area contributed by atoms with Crippen molar-refractivity contribution in [3.8, 4) is 11.6 Å². The number of ether oxygens (including phenoxy) is 1. The zero-order valence-electron chi connectivity index (χ0n) is 9.56. The fourth-order valence-corrected chi connectivity index (χ4v) is 1.62. The van der Waals surface area contributed by atoms with Crippen molar-refractivity contribution in [1.29, 1.82) is 0 Å². The Morgan fingerprint density at radius 3 is 2.71 bits per heavy atom. The molecule has 2 N–H and O–H groups in total. The molecule has 0 fully saturated rings. The van der Waals surface area contributed by atoms with Gasteiger partial charge in [0.15, 0.2) is 0 Å². The fourth-order valence-electron chi connectivity index (χ4n) is 1.45. The number of nitrogens with zero attached hydrogens (tertiary/aromatic N) is 2. The standard InChI is InChI=1S/C12H14ClN3O/c1-2-8-17-12-10(13)11(14)16(15-12)9-6-4-3-5-7-9/h3-7H,2,8,14H2,1H3. The molecule has 0 unspecified atom stereocenters. The van der Waals surface area contributed by atoms with Crippen LogP contribution in [0.15, 0.2) is 30.3 Å². The Morgan fingerprint density at radius 2 is 2.06 bits per heavy atom. The lowest BCUT2D eigenvalue weighted by atomic mass is 10.3. The van der Waals surface area contributed by atoms with E-state index in [1.54, 1.807) is 4.68 Å². The summed E-state index contributed by atoms with van der Waals surface area (Å²) in [7, 11) is 0. The number of nitrogens with two attached hydrogens (primary N) is 1. The van der Waals surface area contributed by atoms with Crippen LogP contribution in [-0.4, -0.2) is 16.4 Å². The normalized spacial score (nSPS) is 10.5. The highest BCUT2D eigenvalue weighted by molar-refractivity contribution is 6.34. The smallest absolute Gasteiger partial charge is 0.254 e. The van der Waals surface area contributed by atoms with Gasteiger partial charge in [0, 0.05) is 0 Å². The van der Waals surface area contributed by atoms with E-state index in [0.29, 0.717) is 23.3 Å². The molecule has 0 radical (unpaired) electrons. The average molecular weight is 252 g/mol. The molecule has 1 heterocycles. The van der Waals surface area contributed by atoms with Crippen molar-refractivity contribution in [1.82, 2.24) is 9.78 Å². The number of rotatable bonds is 4. The van der Waals surface area contributed by atoms with Gasteiger partial charge in [0.25, 0.3) is 5.88 Å². The summed E-state index contributed by atoms with van der Waals surface area (Å²) in [5.74, 6) is 0.777. The first-order valence-electron chi connectivity index (χ1n) is 5.46. The first-order valence-corrected chi connectivity index (χ1v) is 5.84. The van der Waals surface area contributed by atoms with Gasteiger partial charge in [0.1, 0.15) is 10.8 Å². The third-order valence-corrected chi connectivity index (χ3v) is 2.63. The van der Waals surface area contributed by atoms with Gasteiger partial charge >= 0.3 is 0 Å². The molecule has 0 bridgehead atoms. The first-order chi connectivity index (χ1) is 8.24. The molecule has 0 spiro atoms. The molecule has 17 heavy (non-hydrogen) atoms. The van der Waals surface area contributed by atoms with Gasteiger partial charge in [-0.1, -0.05) is 36.7 Å². The van der Waals surface area contributed by atoms with Gasteiger partial charge in [-0.3, -0.25) is 0 Å². The van der Waals surface area contributed by atoms with Crippen molar-refractivity contribution in [3.63, 3.8) is 0 Å². The van der Waals surface area contributed by atoms with Crippen LogP contribution in [0, 0.1) is 0 Å². The lowest BCUT2D eigenvalue weighted by Crippen LogP contribution is -2.01. The molecule has 90 valence electrons. The van der Waals surface area contributed by atoms with Gasteiger partial charge in [-0.25, -0.2) is 4.68 Å². The highest BCUT2D eigenvalue weighted by Crippen LogP contribution is 2.31. The molecule has 0 atom stereocenters. The van der Waals surface area contributed by atoms with Crippen LogP contribution in [0.2, 0.25) is 5.02 Å². The molecular weight excluding hydrogens is 238 g/mol. The maximum atomic E-state index is 6.07. The lowest BCUT2D eigenvalue weighted by molar-refractivity contribution is 0.303. The van der Waals surface area contributed by atoms with Gasteiger partial charge in [-0.2, -0.15) is 0 Å². The van der Waals surface area contributed by atoms with Gasteiger partial charge < -0.3 is 10.5 Å². The Balaban J connectivity index is 2.36. The minimum Gasteiger partial charge on any atom is -0.476 e. The van der Waals surface area contributed by atoms with Gasteiger partial charge in [-0.05, 0) is 18.6 Å². The highest BCUT2D eigenvalue weighted by Gasteiger charge is 2.15. The summed E-state index contributed by atoms with van der Waals surface area (Å²) in [4.78, 5) is 0. The third-order valence-electron chi connectivity index (χ3n) is 2.28. The predicted octanol–water partition coefficient (Wildman–Crippen LogP) is 2.90. The summed E-state index contributed by atoms with van der Waals surface area (Å²) in [5, 5.41) is 4.62. The number of hydrogen-bond donors (Lipinski definition) is 1. The van der Waals surface area contributed by atoms with E-state index in [0.717, 1.165) is 12.1 Å². The maximum Gasteiger partial charge on any atom is 0.254 e. The molecule has 2 aromatic rings. The average Bonchev–Trinajstić information content (AvgIpc) is 2.65. The molecule has 0 aliphatic rings. The quantitative estimate of drug-likeness (QED) is 0.909. The fraction of sp³-hybridized carbons (Fsp3) is 0.250. The minimum absolute atomic E-state index is 0.363. The van der Waals surface area contributed by atoms with E-state index in [-0.39, 0.29) is 0 Å². The minimum atomic E-state index is 0.363. The second-order valence-electron chi connectivity index (χ2n) is 3.60. The second kappa shape index (κ2) is 5.10. The molecule has 5 heteroatoms. The van der Waals surface area contributed by atoms with Crippen LogP contribution in [0.25, 0.3) is 5.69 Å². The molecule has 0 aliphatic heterocycles. The van der Waals surface area contributed by atoms with Crippen LogP contribution < -0.4 is 10.5 Å². The molecule has 0 aliphatic carbocycles. The SMILES string of the molecule is CCCOc1nn(-c2ccccc2)c(N)c1Cl. The summed E-state index contributed by atoms with van der Waals surface area (Å²) in [6.45, 7) is 2.59. The number of anilines is 1. The van der Waals surface area contributed by atoms with Crippen molar-refractivity contribution in [3.05, 3.63) is 35.4 Å². The Labute approximate surface area is 105 Å². The predicted molar refractivity (Wildman–Crippen MR) is 68.8 cm³/mol. The van der Waals surface area contributed by atoms with Crippen molar-refractivity contribution in [2.24, 2.45) is 0 Å². The molecule has 2 rings (SSSR count). The van der Waals surface area contributed by atoms with Crippen LogP contribution in [-0.2, 0) is 0 Å². The molecule has 4 nitrogen and oxygen atoms in total. The lowest BCUT2D eigenvalue weighted by Gasteiger charge is -2.02. The largest absolute Gasteiger partial charge is 0.476 e. The van der Waals surface area contributed by atoms with E-state index < -0.39 is 0 Å². The third kappa shape index (κ3) is 2.36. The summed E-state index contributed by atoms with van der Waals surface area (Å²) < 4.78 is 7.00.